The number of rotatable bonds is 8. The van der Waals surface area contributed by atoms with Crippen molar-refractivity contribution in [2.24, 2.45) is 0 Å². The molecule has 162 valence electrons. The first kappa shape index (κ1) is 22.7. The van der Waals surface area contributed by atoms with Crippen LogP contribution in [-0.2, 0) is 4.79 Å². The number of para-hydroxylation sites is 1. The van der Waals surface area contributed by atoms with Crippen molar-refractivity contribution >= 4 is 34.8 Å². The van der Waals surface area contributed by atoms with E-state index in [1.165, 1.54) is 7.11 Å². The third-order valence-electron chi connectivity index (χ3n) is 4.50. The maximum absolute atomic E-state index is 12.2. The van der Waals surface area contributed by atoms with Crippen molar-refractivity contribution in [3.05, 3.63) is 82.9 Å². The number of hydrogen-bond donors (Lipinski definition) is 1. The molecule has 0 atom stereocenters. The van der Waals surface area contributed by atoms with Gasteiger partial charge >= 0.3 is 0 Å². The lowest BCUT2D eigenvalue weighted by Gasteiger charge is -2.12. The average molecular weight is 449 g/mol. The first-order valence-electron chi connectivity index (χ1n) is 9.65. The van der Waals surface area contributed by atoms with Gasteiger partial charge in [0.1, 0.15) is 5.75 Å². The highest BCUT2D eigenvalue weighted by Gasteiger charge is 2.11. The third kappa shape index (κ3) is 5.81. The average Bonchev–Trinajstić information content (AvgIpc) is 2.82. The number of nitrogens with zero attached hydrogens (tertiary/aromatic N) is 1. The van der Waals surface area contributed by atoms with Gasteiger partial charge in [0.05, 0.1) is 25.9 Å². The molecule has 1 amide bonds. The summed E-state index contributed by atoms with van der Waals surface area (Å²) in [5.41, 5.74) is 2.25. The highest BCUT2D eigenvalue weighted by atomic mass is 35.5. The highest BCUT2D eigenvalue weighted by Crippen LogP contribution is 2.32. The third-order valence-corrected chi connectivity index (χ3v) is 4.74. The molecule has 0 unspecified atom stereocenters. The predicted molar refractivity (Wildman–Crippen MR) is 125 cm³/mol. The van der Waals surface area contributed by atoms with E-state index in [9.17, 15) is 10.1 Å². The van der Waals surface area contributed by atoms with Crippen molar-refractivity contribution in [3.8, 4) is 23.3 Å². The zero-order chi connectivity index (χ0) is 22.9. The van der Waals surface area contributed by atoms with Crippen molar-refractivity contribution in [1.29, 1.82) is 5.26 Å². The quantitative estimate of drug-likeness (QED) is 0.366. The van der Waals surface area contributed by atoms with E-state index in [0.717, 1.165) is 0 Å². The first-order chi connectivity index (χ1) is 15.5. The first-order valence-corrected chi connectivity index (χ1v) is 10.0. The minimum atomic E-state index is -0.304. The number of amides is 1. The number of allylic oxidation sites excluding steroid dienone is 1. The Bertz CT molecular complexity index is 1170. The van der Waals surface area contributed by atoms with Crippen molar-refractivity contribution in [2.45, 2.75) is 0 Å². The summed E-state index contributed by atoms with van der Waals surface area (Å²) in [6.45, 7) is -0.199. The zero-order valence-electron chi connectivity index (χ0n) is 17.6. The monoisotopic (exact) mass is 448 g/mol. The van der Waals surface area contributed by atoms with E-state index < -0.39 is 0 Å². The van der Waals surface area contributed by atoms with Gasteiger partial charge in [0.15, 0.2) is 18.1 Å². The molecule has 3 aromatic rings. The molecule has 7 heteroatoms. The molecule has 6 nitrogen and oxygen atoms in total. The van der Waals surface area contributed by atoms with Crippen LogP contribution in [0, 0.1) is 11.3 Å². The Morgan fingerprint density at radius 2 is 1.72 bits per heavy atom. The Hall–Kier alpha value is -3.95. The molecule has 0 aliphatic heterocycles. The number of carbonyl (C=O) groups excluding carboxylic acids is 1. The maximum atomic E-state index is 12.2. The number of methoxy groups -OCH3 is 2. The van der Waals surface area contributed by atoms with Crippen LogP contribution < -0.4 is 19.5 Å². The Balaban J connectivity index is 1.84. The van der Waals surface area contributed by atoms with Crippen LogP contribution in [0.15, 0.2) is 66.7 Å². The second-order valence-electron chi connectivity index (χ2n) is 6.62. The van der Waals surface area contributed by atoms with E-state index >= 15 is 0 Å². The number of nitriles is 1. The molecule has 1 N–H and O–H groups in total. The van der Waals surface area contributed by atoms with Crippen molar-refractivity contribution in [1.82, 2.24) is 0 Å². The number of carbonyl (C=O) groups is 1. The molecule has 0 aromatic heterocycles. The smallest absolute Gasteiger partial charge is 0.262 e. The standard InChI is InChI=1S/C25H21ClN2O4/c1-30-23-10-8-17(14-24(23)31-2)19(15-27)12-18-13-20(26)9-11-22(18)32-16-25(29)28-21-6-4-3-5-7-21/h3-14H,16H2,1-2H3,(H,28,29)/b19-12+. The van der Waals surface area contributed by atoms with Gasteiger partial charge < -0.3 is 19.5 Å². The van der Waals surface area contributed by atoms with Crippen LogP contribution in [0.3, 0.4) is 0 Å². The van der Waals surface area contributed by atoms with E-state index in [4.69, 9.17) is 25.8 Å². The van der Waals surface area contributed by atoms with Crippen LogP contribution in [-0.4, -0.2) is 26.7 Å². The van der Waals surface area contributed by atoms with Gasteiger partial charge in [0, 0.05) is 16.3 Å². The Labute approximate surface area is 191 Å². The summed E-state index contributed by atoms with van der Waals surface area (Å²) in [7, 11) is 3.07. The van der Waals surface area contributed by atoms with Gasteiger partial charge in [0.2, 0.25) is 0 Å². The molecule has 0 aliphatic carbocycles. The lowest BCUT2D eigenvalue weighted by atomic mass is 10.0. The van der Waals surface area contributed by atoms with Crippen molar-refractivity contribution in [2.75, 3.05) is 26.1 Å². The summed E-state index contributed by atoms with van der Waals surface area (Å²) in [5, 5.41) is 13.0. The topological polar surface area (TPSA) is 80.6 Å². The molecule has 0 radical (unpaired) electrons. The summed E-state index contributed by atoms with van der Waals surface area (Å²) >= 11 is 6.16. The number of ether oxygens (including phenoxy) is 3. The maximum Gasteiger partial charge on any atom is 0.262 e. The molecule has 0 saturated heterocycles. The van der Waals surface area contributed by atoms with Crippen LogP contribution in [0.5, 0.6) is 17.2 Å². The molecule has 3 aromatic carbocycles. The fourth-order valence-electron chi connectivity index (χ4n) is 2.96. The second-order valence-corrected chi connectivity index (χ2v) is 7.06. The molecular formula is C25H21ClN2O4. The van der Waals surface area contributed by atoms with Crippen LogP contribution in [0.4, 0.5) is 5.69 Å². The van der Waals surface area contributed by atoms with E-state index in [-0.39, 0.29) is 12.5 Å². The molecule has 0 spiro atoms. The fraction of sp³-hybridized carbons (Fsp3) is 0.120. The normalized spacial score (nSPS) is 10.8. The Morgan fingerprint density at radius 1 is 1.00 bits per heavy atom. The summed E-state index contributed by atoms with van der Waals surface area (Å²) in [6.07, 6.45) is 1.65. The largest absolute Gasteiger partial charge is 0.493 e. The molecule has 0 fully saturated rings. The van der Waals surface area contributed by atoms with Crippen molar-refractivity contribution < 1.29 is 19.0 Å². The molecule has 0 saturated carbocycles. The summed E-state index contributed by atoms with van der Waals surface area (Å²) < 4.78 is 16.3. The van der Waals surface area contributed by atoms with Gasteiger partial charge in [-0.15, -0.1) is 0 Å². The zero-order valence-corrected chi connectivity index (χ0v) is 18.3. The fourth-order valence-corrected chi connectivity index (χ4v) is 3.15. The SMILES string of the molecule is COc1ccc(/C(C#N)=C/c2cc(Cl)ccc2OCC(=O)Nc2ccccc2)cc1OC. The van der Waals surface area contributed by atoms with Gasteiger partial charge in [-0.1, -0.05) is 29.8 Å². The molecule has 0 heterocycles. The number of benzene rings is 3. The molecule has 32 heavy (non-hydrogen) atoms. The number of halogens is 1. The van der Waals surface area contributed by atoms with E-state index in [0.29, 0.717) is 44.7 Å². The Morgan fingerprint density at radius 3 is 2.41 bits per heavy atom. The predicted octanol–water partition coefficient (Wildman–Crippen LogP) is 5.44. The van der Waals surface area contributed by atoms with E-state index in [1.54, 1.807) is 61.7 Å². The molecule has 3 rings (SSSR count). The van der Waals surface area contributed by atoms with Crippen LogP contribution in [0.2, 0.25) is 5.02 Å². The van der Waals surface area contributed by atoms with Gasteiger partial charge in [0.25, 0.3) is 5.91 Å². The van der Waals surface area contributed by atoms with E-state index in [2.05, 4.69) is 11.4 Å². The van der Waals surface area contributed by atoms with Gasteiger partial charge in [-0.05, 0) is 60.2 Å². The minimum absolute atomic E-state index is 0.199. The van der Waals surface area contributed by atoms with Crippen LogP contribution >= 0.6 is 11.6 Å². The lowest BCUT2D eigenvalue weighted by molar-refractivity contribution is -0.118. The van der Waals surface area contributed by atoms with Gasteiger partial charge in [-0.3, -0.25) is 4.79 Å². The minimum Gasteiger partial charge on any atom is -0.493 e. The molecule has 0 aliphatic rings. The number of anilines is 1. The summed E-state index contributed by atoms with van der Waals surface area (Å²) in [5.74, 6) is 1.18. The molecule has 0 bridgehead atoms. The van der Waals surface area contributed by atoms with Crippen LogP contribution in [0.1, 0.15) is 11.1 Å². The van der Waals surface area contributed by atoms with Gasteiger partial charge in [-0.25, -0.2) is 0 Å². The number of nitrogens with one attached hydrogen (secondary N) is 1. The summed E-state index contributed by atoms with van der Waals surface area (Å²) in [4.78, 5) is 12.2. The Kier molecular flexibility index (Phi) is 7.74. The lowest BCUT2D eigenvalue weighted by Crippen LogP contribution is -2.20. The summed E-state index contributed by atoms with van der Waals surface area (Å²) in [6, 6.07) is 21.5. The van der Waals surface area contributed by atoms with Crippen molar-refractivity contribution in [3.63, 3.8) is 0 Å². The highest BCUT2D eigenvalue weighted by molar-refractivity contribution is 6.30. The van der Waals surface area contributed by atoms with Gasteiger partial charge in [-0.2, -0.15) is 5.26 Å². The van der Waals surface area contributed by atoms with E-state index in [1.807, 2.05) is 18.2 Å². The number of hydrogen-bond acceptors (Lipinski definition) is 5. The second kappa shape index (κ2) is 10.9. The van der Waals surface area contributed by atoms with Crippen LogP contribution in [0.25, 0.3) is 11.6 Å². The molecular weight excluding hydrogens is 428 g/mol.